The molecule has 0 aromatic carbocycles. The van der Waals surface area contributed by atoms with Gasteiger partial charge in [0.2, 0.25) is 0 Å². The Morgan fingerprint density at radius 3 is 2.83 bits per heavy atom. The molecule has 96 valence electrons. The zero-order valence-corrected chi connectivity index (χ0v) is 11.2. The van der Waals surface area contributed by atoms with Crippen LogP contribution in [0.1, 0.15) is 16.1 Å². The third kappa shape index (κ3) is 2.65. The lowest BCUT2D eigenvalue weighted by atomic mass is 10.2. The summed E-state index contributed by atoms with van der Waals surface area (Å²) in [6.45, 7) is 2.94. The number of hydrogen-bond donors (Lipinski definition) is 1. The van der Waals surface area contributed by atoms with E-state index in [1.807, 2.05) is 24.4 Å². The van der Waals surface area contributed by atoms with Gasteiger partial charge in [0.05, 0.1) is 23.9 Å². The maximum absolute atomic E-state index is 13.1. The first kappa shape index (κ1) is 12.9. The monoisotopic (exact) mass is 266 g/mol. The topological polar surface area (TPSA) is 55.0 Å². The van der Waals surface area contributed by atoms with Crippen molar-refractivity contribution in [1.82, 2.24) is 9.97 Å². The second kappa shape index (κ2) is 5.41. The van der Waals surface area contributed by atoms with Crippen molar-refractivity contribution in [3.05, 3.63) is 39.7 Å². The standard InChI is InChI=1S/C12H15FN4S/c1-8-11(18-7-16-8)6-17(2)12-9(4-14)3-10(13)5-15-12/h3,5,7H,4,6,14H2,1-2H3. The van der Waals surface area contributed by atoms with Crippen molar-refractivity contribution in [1.29, 1.82) is 0 Å². The van der Waals surface area contributed by atoms with Crippen LogP contribution in [0.2, 0.25) is 0 Å². The van der Waals surface area contributed by atoms with Crippen LogP contribution in [-0.2, 0) is 13.1 Å². The predicted molar refractivity (Wildman–Crippen MR) is 71.0 cm³/mol. The molecule has 2 aromatic heterocycles. The van der Waals surface area contributed by atoms with Crippen molar-refractivity contribution in [2.24, 2.45) is 5.73 Å². The van der Waals surface area contributed by atoms with E-state index in [1.165, 1.54) is 17.1 Å². The molecule has 0 aliphatic carbocycles. The minimum Gasteiger partial charge on any atom is -0.354 e. The van der Waals surface area contributed by atoms with Crippen molar-refractivity contribution < 1.29 is 4.39 Å². The van der Waals surface area contributed by atoms with Crippen LogP contribution in [0.5, 0.6) is 0 Å². The predicted octanol–water partition coefficient (Wildman–Crippen LogP) is 2.08. The van der Waals surface area contributed by atoms with E-state index in [0.717, 1.165) is 5.69 Å². The molecule has 2 aromatic rings. The lowest BCUT2D eigenvalue weighted by Gasteiger charge is -2.20. The van der Waals surface area contributed by atoms with Crippen molar-refractivity contribution in [2.75, 3.05) is 11.9 Å². The number of pyridine rings is 1. The molecular formula is C12H15FN4S. The molecule has 6 heteroatoms. The summed E-state index contributed by atoms with van der Waals surface area (Å²) in [5.41, 5.74) is 9.16. The molecule has 0 aliphatic heterocycles. The Morgan fingerprint density at radius 1 is 1.44 bits per heavy atom. The largest absolute Gasteiger partial charge is 0.354 e. The Labute approximate surface area is 109 Å². The number of nitrogens with zero attached hydrogens (tertiary/aromatic N) is 3. The molecule has 0 bridgehead atoms. The lowest BCUT2D eigenvalue weighted by Crippen LogP contribution is -2.20. The van der Waals surface area contributed by atoms with Crippen LogP contribution in [0, 0.1) is 12.7 Å². The highest BCUT2D eigenvalue weighted by atomic mass is 32.1. The van der Waals surface area contributed by atoms with Gasteiger partial charge in [0.1, 0.15) is 11.6 Å². The van der Waals surface area contributed by atoms with Gasteiger partial charge in [0.25, 0.3) is 0 Å². The van der Waals surface area contributed by atoms with E-state index >= 15 is 0 Å². The average molecular weight is 266 g/mol. The summed E-state index contributed by atoms with van der Waals surface area (Å²) in [6, 6.07) is 1.43. The molecule has 0 aliphatic rings. The zero-order valence-electron chi connectivity index (χ0n) is 10.4. The molecule has 2 heterocycles. The Bertz CT molecular complexity index is 541. The Balaban J connectivity index is 2.23. The fourth-order valence-electron chi connectivity index (χ4n) is 1.74. The van der Waals surface area contributed by atoms with Crippen LogP contribution in [0.15, 0.2) is 17.8 Å². The number of thiazole rings is 1. The fraction of sp³-hybridized carbons (Fsp3) is 0.333. The quantitative estimate of drug-likeness (QED) is 0.920. The van der Waals surface area contributed by atoms with Gasteiger partial charge in [0, 0.05) is 24.0 Å². The Morgan fingerprint density at radius 2 is 2.22 bits per heavy atom. The summed E-state index contributed by atoms with van der Waals surface area (Å²) in [6.07, 6.45) is 1.21. The van der Waals surface area contributed by atoms with Crippen molar-refractivity contribution in [3.63, 3.8) is 0 Å². The normalized spacial score (nSPS) is 10.7. The molecule has 0 unspecified atom stereocenters. The molecule has 0 fully saturated rings. The van der Waals surface area contributed by atoms with E-state index in [9.17, 15) is 4.39 Å². The second-order valence-electron chi connectivity index (χ2n) is 4.06. The molecule has 4 nitrogen and oxygen atoms in total. The Hall–Kier alpha value is -1.53. The maximum Gasteiger partial charge on any atom is 0.141 e. The van der Waals surface area contributed by atoms with Gasteiger partial charge in [-0.3, -0.25) is 0 Å². The molecule has 0 radical (unpaired) electrons. The molecule has 18 heavy (non-hydrogen) atoms. The van der Waals surface area contributed by atoms with Crippen LogP contribution in [0.4, 0.5) is 10.2 Å². The number of anilines is 1. The highest BCUT2D eigenvalue weighted by Gasteiger charge is 2.12. The van der Waals surface area contributed by atoms with Gasteiger partial charge in [-0.25, -0.2) is 14.4 Å². The molecule has 0 atom stereocenters. The van der Waals surface area contributed by atoms with E-state index in [1.54, 1.807) is 11.3 Å². The molecule has 0 saturated heterocycles. The maximum atomic E-state index is 13.1. The number of nitrogens with two attached hydrogens (primary N) is 1. The van der Waals surface area contributed by atoms with E-state index in [4.69, 9.17) is 5.73 Å². The number of rotatable bonds is 4. The fourth-order valence-corrected chi connectivity index (χ4v) is 2.57. The summed E-state index contributed by atoms with van der Waals surface area (Å²) in [4.78, 5) is 11.5. The summed E-state index contributed by atoms with van der Waals surface area (Å²) in [7, 11) is 1.92. The second-order valence-corrected chi connectivity index (χ2v) is 5.00. The third-order valence-corrected chi connectivity index (χ3v) is 3.64. The molecule has 2 N–H and O–H groups in total. The van der Waals surface area contributed by atoms with E-state index < -0.39 is 0 Å². The lowest BCUT2D eigenvalue weighted by molar-refractivity contribution is 0.617. The number of halogens is 1. The smallest absolute Gasteiger partial charge is 0.141 e. The van der Waals surface area contributed by atoms with Gasteiger partial charge in [0.15, 0.2) is 0 Å². The van der Waals surface area contributed by atoms with Gasteiger partial charge in [-0.1, -0.05) is 0 Å². The van der Waals surface area contributed by atoms with Crippen LogP contribution < -0.4 is 10.6 Å². The van der Waals surface area contributed by atoms with E-state index in [-0.39, 0.29) is 12.4 Å². The van der Waals surface area contributed by atoms with Gasteiger partial charge >= 0.3 is 0 Å². The van der Waals surface area contributed by atoms with Crippen LogP contribution >= 0.6 is 11.3 Å². The first-order chi connectivity index (χ1) is 8.61. The highest BCUT2D eigenvalue weighted by Crippen LogP contribution is 2.21. The minimum absolute atomic E-state index is 0.270. The summed E-state index contributed by atoms with van der Waals surface area (Å²) < 4.78 is 13.1. The molecule has 0 spiro atoms. The van der Waals surface area contributed by atoms with Crippen LogP contribution in [0.25, 0.3) is 0 Å². The van der Waals surface area contributed by atoms with Crippen LogP contribution in [-0.4, -0.2) is 17.0 Å². The van der Waals surface area contributed by atoms with E-state index in [0.29, 0.717) is 17.9 Å². The summed E-state index contributed by atoms with van der Waals surface area (Å²) >= 11 is 1.60. The molecule has 0 amide bonds. The number of aryl methyl sites for hydroxylation is 1. The average Bonchev–Trinajstić information content (AvgIpc) is 2.74. The first-order valence-electron chi connectivity index (χ1n) is 5.56. The summed E-state index contributed by atoms with van der Waals surface area (Å²) in [5.74, 6) is 0.355. The van der Waals surface area contributed by atoms with Crippen molar-refractivity contribution in [3.8, 4) is 0 Å². The first-order valence-corrected chi connectivity index (χ1v) is 6.44. The Kier molecular flexibility index (Phi) is 3.88. The minimum atomic E-state index is -0.360. The summed E-state index contributed by atoms with van der Waals surface area (Å²) in [5, 5.41) is 0. The zero-order chi connectivity index (χ0) is 13.1. The van der Waals surface area contributed by atoms with E-state index in [2.05, 4.69) is 9.97 Å². The van der Waals surface area contributed by atoms with Gasteiger partial charge in [-0.05, 0) is 13.0 Å². The van der Waals surface area contributed by atoms with Gasteiger partial charge in [-0.15, -0.1) is 11.3 Å². The number of hydrogen-bond acceptors (Lipinski definition) is 5. The van der Waals surface area contributed by atoms with Gasteiger partial charge in [-0.2, -0.15) is 0 Å². The third-order valence-electron chi connectivity index (χ3n) is 2.72. The van der Waals surface area contributed by atoms with Crippen LogP contribution in [0.3, 0.4) is 0 Å². The highest BCUT2D eigenvalue weighted by molar-refractivity contribution is 7.09. The van der Waals surface area contributed by atoms with Crippen molar-refractivity contribution >= 4 is 17.2 Å². The number of aromatic nitrogens is 2. The van der Waals surface area contributed by atoms with Crippen molar-refractivity contribution in [2.45, 2.75) is 20.0 Å². The van der Waals surface area contributed by atoms with Gasteiger partial charge < -0.3 is 10.6 Å². The SMILES string of the molecule is Cc1ncsc1CN(C)c1ncc(F)cc1CN. The molecule has 2 rings (SSSR count). The molecular weight excluding hydrogens is 251 g/mol. The molecule has 0 saturated carbocycles.